The highest BCUT2D eigenvalue weighted by Gasteiger charge is 2.62. The fraction of sp³-hybridized carbons (Fsp3) is 0.677. The van der Waals surface area contributed by atoms with Crippen LogP contribution < -0.4 is 15.4 Å². The molecule has 0 radical (unpaired) electrons. The number of aromatic nitrogens is 3. The Kier molecular flexibility index (Phi) is 7.78. The van der Waals surface area contributed by atoms with Crippen LogP contribution in [0.25, 0.3) is 5.65 Å². The summed E-state index contributed by atoms with van der Waals surface area (Å²) in [6.07, 6.45) is 7.74. The van der Waals surface area contributed by atoms with Crippen LogP contribution in [0.15, 0.2) is 24.4 Å². The number of rotatable bonds is 9. The zero-order valence-electron chi connectivity index (χ0n) is 26.3. The number of ether oxygens (including phenoxy) is 2. The third-order valence-electron chi connectivity index (χ3n) is 9.21. The molecule has 2 N–H and O–H groups in total. The van der Waals surface area contributed by atoms with Crippen molar-refractivity contribution in [2.75, 3.05) is 58.7 Å². The summed E-state index contributed by atoms with van der Waals surface area (Å²) >= 11 is 0. The second kappa shape index (κ2) is 11.3. The van der Waals surface area contributed by atoms with Crippen molar-refractivity contribution in [1.82, 2.24) is 34.6 Å². The molecule has 3 saturated heterocycles. The van der Waals surface area contributed by atoms with Crippen molar-refractivity contribution in [3.63, 3.8) is 0 Å². The van der Waals surface area contributed by atoms with E-state index in [1.165, 1.54) is 0 Å². The monoisotopic (exact) mass is 594 g/mol. The van der Waals surface area contributed by atoms with Crippen molar-refractivity contribution in [2.45, 2.75) is 76.2 Å². The van der Waals surface area contributed by atoms with Gasteiger partial charge in [-0.05, 0) is 59.2 Å². The quantitative estimate of drug-likeness (QED) is 0.423. The topological polar surface area (TPSA) is 117 Å². The highest BCUT2D eigenvalue weighted by molar-refractivity contribution is 5.88. The van der Waals surface area contributed by atoms with Gasteiger partial charge >= 0.3 is 6.09 Å². The number of nitrogens with zero attached hydrogens (tertiary/aromatic N) is 6. The van der Waals surface area contributed by atoms with E-state index in [4.69, 9.17) is 19.6 Å². The zero-order chi connectivity index (χ0) is 30.5. The molecule has 2 aromatic heterocycles. The Balaban J connectivity index is 1.07. The summed E-state index contributed by atoms with van der Waals surface area (Å²) in [6.45, 7) is 12.3. The van der Waals surface area contributed by atoms with Gasteiger partial charge in [-0.15, -0.1) is 5.10 Å². The van der Waals surface area contributed by atoms with Crippen molar-refractivity contribution < 1.29 is 19.1 Å². The molecule has 12 heteroatoms. The summed E-state index contributed by atoms with van der Waals surface area (Å²) in [5.74, 6) is 1.98. The first-order chi connectivity index (χ1) is 20.4. The van der Waals surface area contributed by atoms with Crippen LogP contribution >= 0.6 is 0 Å². The number of hydrogen-bond donors (Lipinski definition) is 2. The molecule has 12 nitrogen and oxygen atoms in total. The van der Waals surface area contributed by atoms with Crippen molar-refractivity contribution in [3.8, 4) is 5.88 Å². The van der Waals surface area contributed by atoms with Crippen LogP contribution in [0.3, 0.4) is 0 Å². The molecule has 1 aliphatic carbocycles. The van der Waals surface area contributed by atoms with Gasteiger partial charge in [-0.25, -0.2) is 9.78 Å². The Labute approximate surface area is 253 Å². The smallest absolute Gasteiger partial charge is 0.410 e. The number of carbonyl (C=O) groups is 2. The first kappa shape index (κ1) is 29.7. The zero-order valence-corrected chi connectivity index (χ0v) is 26.3. The van der Waals surface area contributed by atoms with Gasteiger partial charge in [0, 0.05) is 49.9 Å². The third kappa shape index (κ3) is 6.17. The van der Waals surface area contributed by atoms with E-state index in [0.717, 1.165) is 42.8 Å². The molecule has 0 bridgehead atoms. The van der Waals surface area contributed by atoms with Gasteiger partial charge in [0.2, 0.25) is 11.8 Å². The highest BCUT2D eigenvalue weighted by atomic mass is 16.6. The Hall–Kier alpha value is -3.38. The summed E-state index contributed by atoms with van der Waals surface area (Å²) in [5.41, 5.74) is 1.72. The number of carbonyl (C=O) groups excluding carboxylic acids is 2. The predicted molar refractivity (Wildman–Crippen MR) is 163 cm³/mol. The van der Waals surface area contributed by atoms with Gasteiger partial charge in [-0.3, -0.25) is 4.79 Å². The van der Waals surface area contributed by atoms with Gasteiger partial charge in [-0.2, -0.15) is 4.52 Å². The van der Waals surface area contributed by atoms with E-state index in [2.05, 4.69) is 38.3 Å². The van der Waals surface area contributed by atoms with E-state index >= 15 is 0 Å². The molecular weight excluding hydrogens is 548 g/mol. The van der Waals surface area contributed by atoms with Crippen LogP contribution in [-0.2, 0) is 9.53 Å². The molecule has 234 valence electrons. The van der Waals surface area contributed by atoms with Crippen molar-refractivity contribution in [1.29, 1.82) is 0 Å². The van der Waals surface area contributed by atoms with Gasteiger partial charge in [0.1, 0.15) is 18.0 Å². The minimum Gasteiger partial charge on any atom is -0.472 e. The Bertz CT molecular complexity index is 1390. The minimum absolute atomic E-state index is 0.0458. The minimum atomic E-state index is -0.311. The fourth-order valence-corrected chi connectivity index (χ4v) is 6.44. The maximum Gasteiger partial charge on any atom is 0.410 e. The van der Waals surface area contributed by atoms with E-state index in [1.54, 1.807) is 15.9 Å². The van der Waals surface area contributed by atoms with Crippen molar-refractivity contribution in [2.24, 2.45) is 5.92 Å². The molecule has 5 heterocycles. The van der Waals surface area contributed by atoms with E-state index in [0.29, 0.717) is 44.5 Å². The Morgan fingerprint density at radius 2 is 2.00 bits per heavy atom. The predicted octanol–water partition coefficient (Wildman–Crippen LogP) is 2.71. The molecule has 2 unspecified atom stereocenters. The number of amides is 2. The number of fused-ring (bicyclic) bond motifs is 2. The Morgan fingerprint density at radius 1 is 1.21 bits per heavy atom. The van der Waals surface area contributed by atoms with Gasteiger partial charge < -0.3 is 34.8 Å². The SMILES string of the molecule is CC(C)c1c(O[C@@H]2CCC(C)(C)NC2)nn2c(NC34CC3CN(C(=O)OC3CN(C(=O)/C=C/CN(C)C)C3)C4)ccnc12. The number of nitrogens with one attached hydrogen (secondary N) is 2. The van der Waals surface area contributed by atoms with Crippen LogP contribution in [0.1, 0.15) is 58.4 Å². The lowest BCUT2D eigenvalue weighted by Gasteiger charge is -2.38. The average Bonchev–Trinajstić information content (AvgIpc) is 3.25. The number of likely N-dealkylation sites (tertiary alicyclic amines) is 2. The summed E-state index contributed by atoms with van der Waals surface area (Å²) in [5, 5.41) is 12.2. The molecule has 43 heavy (non-hydrogen) atoms. The maximum absolute atomic E-state index is 13.0. The number of hydrogen-bond acceptors (Lipinski definition) is 9. The van der Waals surface area contributed by atoms with Gasteiger partial charge in [0.15, 0.2) is 5.65 Å². The lowest BCUT2D eigenvalue weighted by molar-refractivity contribution is -0.136. The second-order valence-corrected chi connectivity index (χ2v) is 14.0. The normalized spacial score (nSPS) is 26.7. The number of likely N-dealkylation sites (N-methyl/N-ethyl adjacent to an activating group) is 1. The largest absolute Gasteiger partial charge is 0.472 e. The third-order valence-corrected chi connectivity index (χ3v) is 9.21. The van der Waals surface area contributed by atoms with Gasteiger partial charge in [0.25, 0.3) is 0 Å². The first-order valence-electron chi connectivity index (χ1n) is 15.6. The lowest BCUT2D eigenvalue weighted by atomic mass is 9.92. The molecule has 3 atom stereocenters. The summed E-state index contributed by atoms with van der Waals surface area (Å²) < 4.78 is 14.1. The van der Waals surface area contributed by atoms with E-state index in [1.807, 2.05) is 41.8 Å². The van der Waals surface area contributed by atoms with Crippen molar-refractivity contribution in [3.05, 3.63) is 30.0 Å². The molecule has 2 amide bonds. The average molecular weight is 595 g/mol. The summed E-state index contributed by atoms with van der Waals surface area (Å²) in [4.78, 5) is 35.4. The van der Waals surface area contributed by atoms with E-state index in [9.17, 15) is 9.59 Å². The molecule has 0 aromatic carbocycles. The molecular formula is C31H46N8O4. The maximum atomic E-state index is 13.0. The second-order valence-electron chi connectivity index (χ2n) is 14.0. The standard InChI is InChI=1S/C31H46N8O4/c1-20(2)26-27-32-12-10-24(39(27)35-28(26)42-22-9-11-30(3,4)33-15-22)34-31-14-21(31)16-38(19-31)29(41)43-23-17-37(18-23)25(40)8-7-13-36(5)6/h7-8,10,12,20-23,33-34H,9,11,13-19H2,1-6H3/b8-7+/t21?,22-,31?/m1/s1. The molecule has 6 rings (SSSR count). The summed E-state index contributed by atoms with van der Waals surface area (Å²) in [7, 11) is 3.91. The highest BCUT2D eigenvalue weighted by Crippen LogP contribution is 2.52. The molecule has 4 fully saturated rings. The number of anilines is 1. The number of piperidine rings is 2. The molecule has 3 aliphatic heterocycles. The van der Waals surface area contributed by atoms with Crippen LogP contribution in [-0.4, -0.2) is 118 Å². The van der Waals surface area contributed by atoms with Crippen LogP contribution in [0.4, 0.5) is 10.6 Å². The first-order valence-corrected chi connectivity index (χ1v) is 15.6. The van der Waals surface area contributed by atoms with E-state index < -0.39 is 0 Å². The van der Waals surface area contributed by atoms with Crippen LogP contribution in [0.5, 0.6) is 5.88 Å². The van der Waals surface area contributed by atoms with Crippen LogP contribution in [0, 0.1) is 5.92 Å². The fourth-order valence-electron chi connectivity index (χ4n) is 6.44. The van der Waals surface area contributed by atoms with Crippen LogP contribution in [0.2, 0.25) is 0 Å². The van der Waals surface area contributed by atoms with E-state index in [-0.39, 0.29) is 41.2 Å². The van der Waals surface area contributed by atoms with Gasteiger partial charge in [0.05, 0.1) is 24.2 Å². The molecule has 2 aromatic rings. The Morgan fingerprint density at radius 3 is 2.70 bits per heavy atom. The molecule has 1 saturated carbocycles. The molecule has 0 spiro atoms. The summed E-state index contributed by atoms with van der Waals surface area (Å²) in [6, 6.07) is 1.94. The lowest BCUT2D eigenvalue weighted by Crippen LogP contribution is -2.56. The van der Waals surface area contributed by atoms with Gasteiger partial charge in [-0.1, -0.05) is 19.9 Å². The molecule has 4 aliphatic rings. The van der Waals surface area contributed by atoms with Crippen molar-refractivity contribution >= 4 is 23.5 Å².